The smallest absolute Gasteiger partial charge is 0.166 e. The molecule has 2 rings (SSSR count). The second kappa shape index (κ2) is 5.57. The lowest BCUT2D eigenvalue weighted by molar-refractivity contribution is 0.177. The summed E-state index contributed by atoms with van der Waals surface area (Å²) in [5, 5.41) is 12.5. The Morgan fingerprint density at radius 2 is 2.00 bits per heavy atom. The van der Waals surface area contributed by atoms with Crippen LogP contribution in [0.15, 0.2) is 18.2 Å². The monoisotopic (exact) mass is 252 g/mol. The zero-order valence-electron chi connectivity index (χ0n) is 11.0. The van der Waals surface area contributed by atoms with Crippen LogP contribution in [-0.2, 0) is 0 Å². The van der Waals surface area contributed by atoms with E-state index in [9.17, 15) is 4.39 Å². The predicted octanol–water partition coefficient (Wildman–Crippen LogP) is 2.82. The van der Waals surface area contributed by atoms with Crippen molar-refractivity contribution in [2.45, 2.75) is 38.8 Å². The fourth-order valence-corrected chi connectivity index (χ4v) is 2.39. The number of nitrogens with one attached hydrogen (secondary N) is 1. The molecule has 4 heteroatoms. The predicted molar refractivity (Wildman–Crippen MR) is 71.4 cm³/mol. The zero-order chi connectivity index (χ0) is 13.1. The lowest BCUT2D eigenvalue weighted by Gasteiger charge is -2.35. The van der Waals surface area contributed by atoms with Gasteiger partial charge in [0.25, 0.3) is 0 Å². The number of phenolic OH excluding ortho intramolecular Hbond substituents is 1. The largest absolute Gasteiger partial charge is 0.505 e. The Balaban J connectivity index is 1.89. The molecule has 3 nitrogen and oxygen atoms in total. The summed E-state index contributed by atoms with van der Waals surface area (Å²) in [6.45, 7) is 6.58. The average Bonchev–Trinajstić information content (AvgIpc) is 2.34. The molecular formula is C14H21FN2O. The summed E-state index contributed by atoms with van der Waals surface area (Å²) < 4.78 is 13.2. The first-order valence-corrected chi connectivity index (χ1v) is 6.55. The van der Waals surface area contributed by atoms with E-state index in [0.29, 0.717) is 12.1 Å². The summed E-state index contributed by atoms with van der Waals surface area (Å²) in [6, 6.07) is 5.44. The van der Waals surface area contributed by atoms with E-state index in [0.717, 1.165) is 31.6 Å². The standard InChI is InChI=1S/C14H21FN2O/c1-10(2)17-7-5-11(6-8-17)16-12-3-4-14(18)13(15)9-12/h3-4,9-11,16,18H,5-8H2,1-2H3. The van der Waals surface area contributed by atoms with Crippen LogP contribution in [0.25, 0.3) is 0 Å². The molecule has 1 saturated heterocycles. The van der Waals surface area contributed by atoms with Crippen LogP contribution >= 0.6 is 0 Å². The number of benzene rings is 1. The Kier molecular flexibility index (Phi) is 4.07. The molecule has 1 aromatic carbocycles. The highest BCUT2D eigenvalue weighted by Crippen LogP contribution is 2.22. The second-order valence-corrected chi connectivity index (χ2v) is 5.21. The van der Waals surface area contributed by atoms with Gasteiger partial charge in [-0.25, -0.2) is 4.39 Å². The van der Waals surface area contributed by atoms with E-state index in [-0.39, 0.29) is 5.75 Å². The first kappa shape index (κ1) is 13.1. The first-order chi connectivity index (χ1) is 8.56. The highest BCUT2D eigenvalue weighted by Gasteiger charge is 2.20. The molecule has 0 aromatic heterocycles. The molecule has 100 valence electrons. The van der Waals surface area contributed by atoms with Gasteiger partial charge in [0.1, 0.15) is 0 Å². The number of hydrogen-bond donors (Lipinski definition) is 2. The van der Waals surface area contributed by atoms with Gasteiger partial charge >= 0.3 is 0 Å². The van der Waals surface area contributed by atoms with E-state index >= 15 is 0 Å². The van der Waals surface area contributed by atoms with E-state index in [2.05, 4.69) is 24.1 Å². The number of aromatic hydroxyl groups is 1. The van der Waals surface area contributed by atoms with Gasteiger partial charge in [-0.1, -0.05) is 0 Å². The van der Waals surface area contributed by atoms with Crippen LogP contribution < -0.4 is 5.32 Å². The minimum absolute atomic E-state index is 0.296. The molecule has 1 fully saturated rings. The lowest BCUT2D eigenvalue weighted by Crippen LogP contribution is -2.42. The quantitative estimate of drug-likeness (QED) is 0.812. The van der Waals surface area contributed by atoms with Crippen molar-refractivity contribution in [1.82, 2.24) is 4.90 Å². The molecule has 0 atom stereocenters. The van der Waals surface area contributed by atoms with Crippen LogP contribution in [0, 0.1) is 5.82 Å². The number of piperidine rings is 1. The van der Waals surface area contributed by atoms with Gasteiger partial charge < -0.3 is 15.3 Å². The summed E-state index contributed by atoms with van der Waals surface area (Å²) in [5.41, 5.74) is 0.744. The van der Waals surface area contributed by atoms with E-state index in [1.54, 1.807) is 6.07 Å². The summed E-state index contributed by atoms with van der Waals surface area (Å²) in [7, 11) is 0. The highest BCUT2D eigenvalue weighted by atomic mass is 19.1. The van der Waals surface area contributed by atoms with Crippen LogP contribution in [0.2, 0.25) is 0 Å². The summed E-state index contributed by atoms with van der Waals surface area (Å²) in [5.74, 6) is -0.866. The molecule has 1 aromatic rings. The third-order valence-corrected chi connectivity index (χ3v) is 3.58. The molecule has 1 aliphatic rings. The van der Waals surface area contributed by atoms with Gasteiger partial charge in [-0.3, -0.25) is 0 Å². The number of halogens is 1. The topological polar surface area (TPSA) is 35.5 Å². The van der Waals surface area contributed by atoms with Gasteiger partial charge in [0.05, 0.1) is 0 Å². The summed E-state index contributed by atoms with van der Waals surface area (Å²) in [4.78, 5) is 2.45. The Morgan fingerprint density at radius 3 is 2.56 bits per heavy atom. The van der Waals surface area contributed by atoms with Crippen molar-refractivity contribution in [2.24, 2.45) is 0 Å². The molecule has 0 radical (unpaired) electrons. The van der Waals surface area contributed by atoms with Crippen molar-refractivity contribution in [3.05, 3.63) is 24.0 Å². The Labute approximate surface area is 108 Å². The number of nitrogens with zero attached hydrogens (tertiary/aromatic N) is 1. The van der Waals surface area contributed by atoms with Crippen molar-refractivity contribution >= 4 is 5.69 Å². The van der Waals surface area contributed by atoms with Gasteiger partial charge in [-0.15, -0.1) is 0 Å². The SMILES string of the molecule is CC(C)N1CCC(Nc2ccc(O)c(F)c2)CC1. The van der Waals surface area contributed by atoms with E-state index in [1.807, 2.05) is 0 Å². The minimum atomic E-state index is -0.570. The van der Waals surface area contributed by atoms with Crippen LogP contribution in [0.3, 0.4) is 0 Å². The van der Waals surface area contributed by atoms with Crippen molar-refractivity contribution in [3.63, 3.8) is 0 Å². The third kappa shape index (κ3) is 3.13. The summed E-state index contributed by atoms with van der Waals surface area (Å²) in [6.07, 6.45) is 2.14. The van der Waals surface area contributed by atoms with Crippen molar-refractivity contribution in [3.8, 4) is 5.75 Å². The van der Waals surface area contributed by atoms with E-state index < -0.39 is 5.82 Å². The minimum Gasteiger partial charge on any atom is -0.505 e. The Morgan fingerprint density at radius 1 is 1.33 bits per heavy atom. The molecule has 1 aliphatic heterocycles. The van der Waals surface area contributed by atoms with Crippen LogP contribution in [-0.4, -0.2) is 35.2 Å². The van der Waals surface area contributed by atoms with Crippen LogP contribution in [0.5, 0.6) is 5.75 Å². The van der Waals surface area contributed by atoms with Gasteiger partial charge in [0.2, 0.25) is 0 Å². The number of anilines is 1. The molecule has 0 amide bonds. The maximum absolute atomic E-state index is 13.2. The fourth-order valence-electron chi connectivity index (χ4n) is 2.39. The fraction of sp³-hybridized carbons (Fsp3) is 0.571. The van der Waals surface area contributed by atoms with E-state index in [4.69, 9.17) is 5.11 Å². The molecule has 0 unspecified atom stereocenters. The van der Waals surface area contributed by atoms with E-state index in [1.165, 1.54) is 12.1 Å². The number of likely N-dealkylation sites (tertiary alicyclic amines) is 1. The lowest BCUT2D eigenvalue weighted by atomic mass is 10.0. The maximum atomic E-state index is 13.2. The molecule has 0 spiro atoms. The molecule has 0 aliphatic carbocycles. The first-order valence-electron chi connectivity index (χ1n) is 6.55. The van der Waals surface area contributed by atoms with Crippen molar-refractivity contribution in [1.29, 1.82) is 0 Å². The second-order valence-electron chi connectivity index (χ2n) is 5.21. The Hall–Kier alpha value is -1.29. The number of phenols is 1. The average molecular weight is 252 g/mol. The zero-order valence-corrected chi connectivity index (χ0v) is 11.0. The van der Waals surface area contributed by atoms with Crippen molar-refractivity contribution in [2.75, 3.05) is 18.4 Å². The van der Waals surface area contributed by atoms with Crippen molar-refractivity contribution < 1.29 is 9.50 Å². The van der Waals surface area contributed by atoms with Crippen LogP contribution in [0.4, 0.5) is 10.1 Å². The Bertz CT molecular complexity index is 401. The molecular weight excluding hydrogens is 231 g/mol. The van der Waals surface area contributed by atoms with Gasteiger partial charge in [0, 0.05) is 36.9 Å². The molecule has 0 saturated carbocycles. The van der Waals surface area contributed by atoms with Gasteiger partial charge in [-0.05, 0) is 38.8 Å². The maximum Gasteiger partial charge on any atom is 0.166 e. The van der Waals surface area contributed by atoms with Gasteiger partial charge in [0.15, 0.2) is 11.6 Å². The van der Waals surface area contributed by atoms with Gasteiger partial charge in [-0.2, -0.15) is 0 Å². The highest BCUT2D eigenvalue weighted by molar-refractivity contribution is 5.47. The van der Waals surface area contributed by atoms with Crippen LogP contribution in [0.1, 0.15) is 26.7 Å². The molecule has 18 heavy (non-hydrogen) atoms. The number of rotatable bonds is 3. The molecule has 0 bridgehead atoms. The third-order valence-electron chi connectivity index (χ3n) is 3.58. The normalized spacial score (nSPS) is 18.2. The number of hydrogen-bond acceptors (Lipinski definition) is 3. The summed E-state index contributed by atoms with van der Waals surface area (Å²) >= 11 is 0. The molecule has 2 N–H and O–H groups in total. The molecule has 1 heterocycles.